The lowest BCUT2D eigenvalue weighted by Crippen LogP contribution is -2.17. The van der Waals surface area contributed by atoms with Crippen molar-refractivity contribution in [3.63, 3.8) is 0 Å². The van der Waals surface area contributed by atoms with Crippen LogP contribution in [0, 0.1) is 6.92 Å². The fourth-order valence-corrected chi connectivity index (χ4v) is 3.04. The smallest absolute Gasteiger partial charge is 0.257 e. The lowest BCUT2D eigenvalue weighted by atomic mass is 10.2. The number of pyridine rings is 1. The predicted octanol–water partition coefficient (Wildman–Crippen LogP) is 2.95. The van der Waals surface area contributed by atoms with E-state index in [4.69, 9.17) is 0 Å². The van der Waals surface area contributed by atoms with Gasteiger partial charge in [-0.3, -0.25) is 14.7 Å². The van der Waals surface area contributed by atoms with Crippen molar-refractivity contribution in [1.82, 2.24) is 15.2 Å². The number of aryl methyl sites for hydroxylation is 2. The maximum absolute atomic E-state index is 12.3. The van der Waals surface area contributed by atoms with Crippen LogP contribution in [0.3, 0.4) is 0 Å². The molecule has 0 unspecified atom stereocenters. The van der Waals surface area contributed by atoms with Crippen LogP contribution >= 0.6 is 11.3 Å². The number of aromatic nitrogens is 3. The molecule has 6 nitrogen and oxygen atoms in total. The summed E-state index contributed by atoms with van der Waals surface area (Å²) in [4.78, 5) is 28.8. The Labute approximate surface area is 136 Å². The molecule has 3 N–H and O–H groups in total. The Morgan fingerprint density at radius 2 is 2.13 bits per heavy atom. The number of hydrogen-bond acceptors (Lipinski definition) is 4. The molecule has 0 spiro atoms. The molecule has 0 atom stereocenters. The number of carbonyl (C=O) groups excluding carboxylic acids is 1. The molecule has 3 aromatic rings. The maximum atomic E-state index is 12.3. The van der Waals surface area contributed by atoms with Crippen LogP contribution in [0.5, 0.6) is 0 Å². The standard InChI is InChI=1S/C16H16N4O2S/c1-3-11-6-10(7-15(21)17-11)16(22)18-14-8-12(19-20-14)13-5-4-9(2)23-13/h4-8H,3H2,1-2H3,(H,17,21)(H2,18,19,20,22). The summed E-state index contributed by atoms with van der Waals surface area (Å²) >= 11 is 1.65. The Morgan fingerprint density at radius 3 is 2.83 bits per heavy atom. The molecule has 0 bridgehead atoms. The van der Waals surface area contributed by atoms with Gasteiger partial charge in [-0.1, -0.05) is 6.92 Å². The summed E-state index contributed by atoms with van der Waals surface area (Å²) in [7, 11) is 0. The zero-order valence-electron chi connectivity index (χ0n) is 12.8. The third-order valence-electron chi connectivity index (χ3n) is 3.37. The minimum atomic E-state index is -0.355. The monoisotopic (exact) mass is 328 g/mol. The first-order valence-corrected chi connectivity index (χ1v) is 8.03. The Hall–Kier alpha value is -2.67. The highest BCUT2D eigenvalue weighted by molar-refractivity contribution is 7.15. The van der Waals surface area contributed by atoms with E-state index < -0.39 is 0 Å². The first-order chi connectivity index (χ1) is 11.0. The molecular formula is C16H16N4O2S. The highest BCUT2D eigenvalue weighted by Crippen LogP contribution is 2.27. The minimum Gasteiger partial charge on any atom is -0.326 e. The number of nitrogens with zero attached hydrogens (tertiary/aromatic N) is 1. The topological polar surface area (TPSA) is 90.6 Å². The molecule has 7 heteroatoms. The van der Waals surface area contributed by atoms with Crippen LogP contribution in [-0.4, -0.2) is 21.1 Å². The van der Waals surface area contributed by atoms with Crippen LogP contribution < -0.4 is 10.9 Å². The summed E-state index contributed by atoms with van der Waals surface area (Å²) in [6.45, 7) is 3.95. The van der Waals surface area contributed by atoms with Crippen LogP contribution in [0.25, 0.3) is 10.6 Å². The van der Waals surface area contributed by atoms with Gasteiger partial charge in [0.1, 0.15) is 0 Å². The Bertz CT molecular complexity index is 907. The second-order valence-electron chi connectivity index (χ2n) is 5.14. The van der Waals surface area contributed by atoms with E-state index in [1.54, 1.807) is 23.5 Å². The average molecular weight is 328 g/mol. The fraction of sp³-hybridized carbons (Fsp3) is 0.188. The molecule has 0 aromatic carbocycles. The van der Waals surface area contributed by atoms with Crippen LogP contribution in [0.4, 0.5) is 5.82 Å². The van der Waals surface area contributed by atoms with Gasteiger partial charge in [-0.2, -0.15) is 5.10 Å². The summed E-state index contributed by atoms with van der Waals surface area (Å²) < 4.78 is 0. The minimum absolute atomic E-state index is 0.286. The van der Waals surface area contributed by atoms with E-state index in [-0.39, 0.29) is 11.5 Å². The molecule has 0 aliphatic carbocycles. The van der Waals surface area contributed by atoms with Gasteiger partial charge in [-0.25, -0.2) is 0 Å². The highest BCUT2D eigenvalue weighted by Gasteiger charge is 2.11. The molecule has 0 aliphatic rings. The van der Waals surface area contributed by atoms with Gasteiger partial charge in [0, 0.05) is 28.3 Å². The molecule has 23 heavy (non-hydrogen) atoms. The number of rotatable bonds is 4. The largest absolute Gasteiger partial charge is 0.326 e. The maximum Gasteiger partial charge on any atom is 0.257 e. The van der Waals surface area contributed by atoms with E-state index in [1.807, 2.05) is 26.0 Å². The van der Waals surface area contributed by atoms with Gasteiger partial charge < -0.3 is 10.3 Å². The molecule has 3 heterocycles. The summed E-state index contributed by atoms with van der Waals surface area (Å²) in [5.74, 6) is 0.0700. The van der Waals surface area contributed by atoms with Crippen molar-refractivity contribution >= 4 is 23.1 Å². The summed E-state index contributed by atoms with van der Waals surface area (Å²) in [6, 6.07) is 8.76. The van der Waals surface area contributed by atoms with Crippen molar-refractivity contribution in [3.05, 3.63) is 56.8 Å². The molecule has 0 fully saturated rings. The van der Waals surface area contributed by atoms with Crippen molar-refractivity contribution in [3.8, 4) is 10.6 Å². The van der Waals surface area contributed by atoms with Gasteiger partial charge in [0.25, 0.3) is 5.91 Å². The molecule has 0 saturated heterocycles. The second-order valence-corrected chi connectivity index (χ2v) is 6.43. The van der Waals surface area contributed by atoms with Crippen molar-refractivity contribution in [2.75, 3.05) is 5.32 Å². The number of aromatic amines is 2. The number of nitrogens with one attached hydrogen (secondary N) is 3. The number of anilines is 1. The first kappa shape index (κ1) is 15.2. The molecular weight excluding hydrogens is 312 g/mol. The number of hydrogen-bond donors (Lipinski definition) is 3. The number of thiophene rings is 1. The Kier molecular flexibility index (Phi) is 4.12. The van der Waals surface area contributed by atoms with Gasteiger partial charge in [-0.15, -0.1) is 11.3 Å². The third kappa shape index (κ3) is 3.40. The van der Waals surface area contributed by atoms with Crippen LogP contribution in [-0.2, 0) is 6.42 Å². The van der Waals surface area contributed by atoms with Crippen LogP contribution in [0.1, 0.15) is 27.9 Å². The van der Waals surface area contributed by atoms with Crippen molar-refractivity contribution in [2.45, 2.75) is 20.3 Å². The molecule has 118 valence electrons. The van der Waals surface area contributed by atoms with Gasteiger partial charge in [0.2, 0.25) is 5.56 Å². The lowest BCUT2D eigenvalue weighted by molar-refractivity contribution is 0.102. The molecule has 1 amide bonds. The van der Waals surface area contributed by atoms with E-state index in [2.05, 4.69) is 20.5 Å². The zero-order chi connectivity index (χ0) is 16.4. The normalized spacial score (nSPS) is 10.7. The van der Waals surface area contributed by atoms with E-state index in [9.17, 15) is 9.59 Å². The van der Waals surface area contributed by atoms with Crippen molar-refractivity contribution in [1.29, 1.82) is 0 Å². The van der Waals surface area contributed by atoms with Crippen molar-refractivity contribution in [2.24, 2.45) is 0 Å². The fourth-order valence-electron chi connectivity index (χ4n) is 2.20. The van der Waals surface area contributed by atoms with Crippen LogP contribution in [0.2, 0.25) is 0 Å². The summed E-state index contributed by atoms with van der Waals surface area (Å²) in [6.07, 6.45) is 0.653. The number of carbonyl (C=O) groups is 1. The number of H-pyrrole nitrogens is 2. The van der Waals surface area contributed by atoms with E-state index in [1.165, 1.54) is 10.9 Å². The molecule has 0 saturated carbocycles. The lowest BCUT2D eigenvalue weighted by Gasteiger charge is -2.03. The number of amides is 1. The van der Waals surface area contributed by atoms with Gasteiger partial charge in [-0.05, 0) is 31.5 Å². The van der Waals surface area contributed by atoms with Gasteiger partial charge in [0.05, 0.1) is 10.6 Å². The first-order valence-electron chi connectivity index (χ1n) is 7.22. The summed E-state index contributed by atoms with van der Waals surface area (Å²) in [5.41, 5.74) is 1.60. The van der Waals surface area contributed by atoms with Gasteiger partial charge in [0.15, 0.2) is 5.82 Å². The molecule has 3 aromatic heterocycles. The van der Waals surface area contributed by atoms with Crippen LogP contribution in [0.15, 0.2) is 35.1 Å². The Morgan fingerprint density at radius 1 is 1.30 bits per heavy atom. The molecule has 3 rings (SSSR count). The van der Waals surface area contributed by atoms with Gasteiger partial charge >= 0.3 is 0 Å². The van der Waals surface area contributed by atoms with E-state index >= 15 is 0 Å². The molecule has 0 aliphatic heterocycles. The molecule has 0 radical (unpaired) electrons. The average Bonchev–Trinajstić information content (AvgIpc) is 3.15. The Balaban J connectivity index is 1.79. The zero-order valence-corrected chi connectivity index (χ0v) is 13.6. The van der Waals surface area contributed by atoms with E-state index in [0.717, 1.165) is 16.3 Å². The van der Waals surface area contributed by atoms with E-state index in [0.29, 0.717) is 17.8 Å². The van der Waals surface area contributed by atoms with Crippen molar-refractivity contribution < 1.29 is 4.79 Å². The SMILES string of the molecule is CCc1cc(C(=O)Nc2cc(-c3ccc(C)s3)[nH]n2)cc(=O)[nH]1. The highest BCUT2D eigenvalue weighted by atomic mass is 32.1. The summed E-state index contributed by atoms with van der Waals surface area (Å²) in [5, 5.41) is 9.70. The predicted molar refractivity (Wildman–Crippen MR) is 91.0 cm³/mol. The third-order valence-corrected chi connectivity index (χ3v) is 4.40. The quantitative estimate of drug-likeness (QED) is 0.687. The second kappa shape index (κ2) is 6.21.